The van der Waals surface area contributed by atoms with E-state index in [2.05, 4.69) is 17.1 Å². The molecule has 2 aliphatic heterocycles. The van der Waals surface area contributed by atoms with Crippen molar-refractivity contribution in [2.45, 2.75) is 32.8 Å². The first-order chi connectivity index (χ1) is 9.97. The number of aliphatic hydroxyl groups is 1. The molecule has 0 saturated carbocycles. The molecule has 0 aromatic heterocycles. The highest BCUT2D eigenvalue weighted by atomic mass is 35.5. The van der Waals surface area contributed by atoms with Crippen molar-refractivity contribution in [1.82, 2.24) is 15.1 Å². The molecule has 1 amide bonds. The summed E-state index contributed by atoms with van der Waals surface area (Å²) >= 11 is 0. The van der Waals surface area contributed by atoms with E-state index in [4.69, 9.17) is 0 Å². The Morgan fingerprint density at radius 3 is 2.26 bits per heavy atom. The van der Waals surface area contributed by atoms with Crippen LogP contribution in [0, 0.1) is 17.8 Å². The molecule has 0 aromatic carbocycles. The van der Waals surface area contributed by atoms with Crippen LogP contribution >= 0.6 is 24.8 Å². The largest absolute Gasteiger partial charge is 0.392 e. The normalized spacial score (nSPS) is 22.3. The van der Waals surface area contributed by atoms with Gasteiger partial charge in [-0.15, -0.1) is 24.8 Å². The number of nitrogens with one attached hydrogen (secondary N) is 1. The van der Waals surface area contributed by atoms with Crippen molar-refractivity contribution in [3.63, 3.8) is 0 Å². The zero-order valence-corrected chi connectivity index (χ0v) is 16.2. The predicted molar refractivity (Wildman–Crippen MR) is 98.5 cm³/mol. The Labute approximate surface area is 153 Å². The molecular weight excluding hydrogens is 337 g/mol. The summed E-state index contributed by atoms with van der Waals surface area (Å²) in [7, 11) is 1.95. The minimum atomic E-state index is -0.247. The van der Waals surface area contributed by atoms with Gasteiger partial charge < -0.3 is 20.2 Å². The van der Waals surface area contributed by atoms with E-state index in [1.165, 1.54) is 0 Å². The van der Waals surface area contributed by atoms with Gasteiger partial charge in [-0.25, -0.2) is 0 Å². The summed E-state index contributed by atoms with van der Waals surface area (Å²) in [5.41, 5.74) is 0. The van der Waals surface area contributed by atoms with Crippen LogP contribution in [-0.4, -0.2) is 73.2 Å². The van der Waals surface area contributed by atoms with Crippen LogP contribution < -0.4 is 5.32 Å². The lowest BCUT2D eigenvalue weighted by Gasteiger charge is -2.37. The van der Waals surface area contributed by atoms with Gasteiger partial charge in [0.25, 0.3) is 0 Å². The number of hydrogen-bond acceptors (Lipinski definition) is 4. The average molecular weight is 370 g/mol. The fourth-order valence-corrected chi connectivity index (χ4v) is 3.42. The van der Waals surface area contributed by atoms with Gasteiger partial charge >= 0.3 is 0 Å². The van der Waals surface area contributed by atoms with E-state index in [-0.39, 0.29) is 36.8 Å². The van der Waals surface area contributed by atoms with Gasteiger partial charge in [0.05, 0.1) is 6.10 Å². The number of β-amino-alcohol motifs (C(OH)–C–C–N with tert-alkyl or cyclic N) is 1. The van der Waals surface area contributed by atoms with E-state index < -0.39 is 0 Å². The standard InChI is InChI=1S/C16H31N3O2.2ClH/c1-12(20)10-19-6-4-14(5-7-19)11-18(3)16(21)13(2)15-8-17-9-15;;/h12-15,17,20H,4-11H2,1-3H3;2*1H. The van der Waals surface area contributed by atoms with E-state index in [0.29, 0.717) is 17.7 Å². The summed E-state index contributed by atoms with van der Waals surface area (Å²) in [6.07, 6.45) is 2.01. The number of amides is 1. The molecule has 2 unspecified atom stereocenters. The SMILES string of the molecule is CC(O)CN1CCC(CN(C)C(=O)C(C)C2CNC2)CC1.Cl.Cl. The molecule has 23 heavy (non-hydrogen) atoms. The maximum absolute atomic E-state index is 12.4. The lowest BCUT2D eigenvalue weighted by molar-refractivity contribution is -0.136. The summed E-state index contributed by atoms with van der Waals surface area (Å²) in [6, 6.07) is 0. The minimum absolute atomic E-state index is 0. The molecule has 0 bridgehead atoms. The smallest absolute Gasteiger partial charge is 0.225 e. The van der Waals surface area contributed by atoms with E-state index in [1.807, 2.05) is 18.9 Å². The van der Waals surface area contributed by atoms with Crippen LogP contribution in [0.5, 0.6) is 0 Å². The Kier molecular flexibility index (Phi) is 10.7. The molecule has 0 radical (unpaired) electrons. The number of piperidine rings is 1. The summed E-state index contributed by atoms with van der Waals surface area (Å²) in [4.78, 5) is 16.7. The van der Waals surface area contributed by atoms with E-state index >= 15 is 0 Å². The van der Waals surface area contributed by atoms with Crippen molar-refractivity contribution in [2.75, 3.05) is 46.3 Å². The number of rotatable bonds is 6. The fourth-order valence-electron chi connectivity index (χ4n) is 3.42. The summed E-state index contributed by atoms with van der Waals surface area (Å²) < 4.78 is 0. The Balaban J connectivity index is 0.00000242. The molecule has 0 spiro atoms. The van der Waals surface area contributed by atoms with Crippen LogP contribution in [0.1, 0.15) is 26.7 Å². The first-order valence-electron chi connectivity index (χ1n) is 8.33. The minimum Gasteiger partial charge on any atom is -0.392 e. The van der Waals surface area contributed by atoms with Crippen molar-refractivity contribution >= 4 is 30.7 Å². The first kappa shape index (κ1) is 22.9. The Bertz CT molecular complexity index is 346. The number of halogens is 2. The van der Waals surface area contributed by atoms with Crippen LogP contribution in [0.25, 0.3) is 0 Å². The molecule has 0 aromatic rings. The monoisotopic (exact) mass is 369 g/mol. The van der Waals surface area contributed by atoms with Gasteiger partial charge in [0.15, 0.2) is 0 Å². The third kappa shape index (κ3) is 6.75. The van der Waals surface area contributed by atoms with Gasteiger partial charge in [0, 0.05) is 26.1 Å². The molecular formula is C16H33Cl2N3O2. The molecule has 2 atom stereocenters. The number of nitrogens with zero attached hydrogens (tertiary/aromatic N) is 2. The van der Waals surface area contributed by atoms with E-state index in [0.717, 1.165) is 52.1 Å². The Morgan fingerprint density at radius 2 is 1.83 bits per heavy atom. The third-order valence-electron chi connectivity index (χ3n) is 5.05. The van der Waals surface area contributed by atoms with Crippen molar-refractivity contribution in [3.05, 3.63) is 0 Å². The second-order valence-electron chi connectivity index (χ2n) is 7.02. The molecule has 0 aliphatic carbocycles. The van der Waals surface area contributed by atoms with Crippen molar-refractivity contribution in [3.8, 4) is 0 Å². The maximum Gasteiger partial charge on any atom is 0.225 e. The second kappa shape index (κ2) is 10.7. The molecule has 2 rings (SSSR count). The lowest BCUT2D eigenvalue weighted by Crippen LogP contribution is -2.50. The molecule has 7 heteroatoms. The predicted octanol–water partition coefficient (Wildman–Crippen LogP) is 1.24. The second-order valence-corrected chi connectivity index (χ2v) is 7.02. The van der Waals surface area contributed by atoms with Gasteiger partial charge in [-0.2, -0.15) is 0 Å². The van der Waals surface area contributed by atoms with Crippen LogP contribution in [0.3, 0.4) is 0 Å². The number of hydrogen-bond donors (Lipinski definition) is 2. The summed E-state index contributed by atoms with van der Waals surface area (Å²) in [6.45, 7) is 9.61. The number of carbonyl (C=O) groups excluding carboxylic acids is 1. The van der Waals surface area contributed by atoms with Gasteiger partial charge in [-0.05, 0) is 57.8 Å². The molecule has 2 N–H and O–H groups in total. The zero-order chi connectivity index (χ0) is 15.4. The van der Waals surface area contributed by atoms with Gasteiger partial charge in [-0.3, -0.25) is 4.79 Å². The topological polar surface area (TPSA) is 55.8 Å². The summed E-state index contributed by atoms with van der Waals surface area (Å²) in [5.74, 6) is 1.57. The van der Waals surface area contributed by atoms with E-state index in [9.17, 15) is 9.90 Å². The van der Waals surface area contributed by atoms with Gasteiger partial charge in [0.2, 0.25) is 5.91 Å². The quantitative estimate of drug-likeness (QED) is 0.739. The van der Waals surface area contributed by atoms with Crippen LogP contribution in [0.4, 0.5) is 0 Å². The Hall–Kier alpha value is -0.0700. The lowest BCUT2D eigenvalue weighted by atomic mass is 9.87. The Morgan fingerprint density at radius 1 is 1.26 bits per heavy atom. The number of carbonyl (C=O) groups is 1. The number of aliphatic hydroxyl groups excluding tert-OH is 1. The van der Waals surface area contributed by atoms with Crippen molar-refractivity contribution < 1.29 is 9.90 Å². The molecule has 2 saturated heterocycles. The maximum atomic E-state index is 12.4. The zero-order valence-electron chi connectivity index (χ0n) is 14.5. The van der Waals surface area contributed by atoms with Gasteiger partial charge in [-0.1, -0.05) is 6.92 Å². The molecule has 5 nitrogen and oxygen atoms in total. The third-order valence-corrected chi connectivity index (χ3v) is 5.05. The fraction of sp³-hybridized carbons (Fsp3) is 0.938. The molecule has 2 fully saturated rings. The number of likely N-dealkylation sites (tertiary alicyclic amines) is 1. The highest BCUT2D eigenvalue weighted by Crippen LogP contribution is 2.21. The van der Waals surface area contributed by atoms with E-state index in [1.54, 1.807) is 0 Å². The molecule has 2 heterocycles. The van der Waals surface area contributed by atoms with Crippen LogP contribution in [-0.2, 0) is 4.79 Å². The van der Waals surface area contributed by atoms with Gasteiger partial charge in [0.1, 0.15) is 0 Å². The highest BCUT2D eigenvalue weighted by molar-refractivity contribution is 5.85. The summed E-state index contributed by atoms with van der Waals surface area (Å²) in [5, 5.41) is 12.7. The van der Waals surface area contributed by atoms with Crippen molar-refractivity contribution in [2.24, 2.45) is 17.8 Å². The first-order valence-corrected chi connectivity index (χ1v) is 8.33. The average Bonchev–Trinajstić information content (AvgIpc) is 2.37. The molecule has 2 aliphatic rings. The highest BCUT2D eigenvalue weighted by Gasteiger charge is 2.31. The van der Waals surface area contributed by atoms with Crippen molar-refractivity contribution in [1.29, 1.82) is 0 Å². The van der Waals surface area contributed by atoms with Crippen LogP contribution in [0.15, 0.2) is 0 Å². The van der Waals surface area contributed by atoms with Crippen LogP contribution in [0.2, 0.25) is 0 Å². The molecule has 138 valence electrons.